The van der Waals surface area contributed by atoms with E-state index in [2.05, 4.69) is 5.32 Å². The molecule has 15 heavy (non-hydrogen) atoms. The molecule has 0 aromatic heterocycles. The van der Waals surface area contributed by atoms with Gasteiger partial charge in [-0.25, -0.2) is 0 Å². The van der Waals surface area contributed by atoms with E-state index in [1.165, 1.54) is 0 Å². The molecule has 5 heteroatoms. The molecule has 1 amide bonds. The molecule has 1 fully saturated rings. The molecular weight excluding hydrogens is 196 g/mol. The molecule has 0 radical (unpaired) electrons. The van der Waals surface area contributed by atoms with Crippen molar-refractivity contribution in [3.05, 3.63) is 0 Å². The highest BCUT2D eigenvalue weighted by atomic mass is 16.5. The van der Waals surface area contributed by atoms with Gasteiger partial charge in [-0.1, -0.05) is 0 Å². The van der Waals surface area contributed by atoms with Gasteiger partial charge in [0, 0.05) is 13.7 Å². The number of ether oxygens (including phenoxy) is 2. The Morgan fingerprint density at radius 3 is 2.60 bits per heavy atom. The molecule has 1 N–H and O–H groups in total. The standard InChI is InChI=1S/C10H20N2O3/c1-8-10(13)12(9(2)11-8)4-5-15-7-6-14-3/h8-9,11H,4-7H2,1-3H3. The van der Waals surface area contributed by atoms with Gasteiger partial charge in [-0.3, -0.25) is 10.1 Å². The summed E-state index contributed by atoms with van der Waals surface area (Å²) < 4.78 is 10.2. The van der Waals surface area contributed by atoms with Crippen LogP contribution in [0.4, 0.5) is 0 Å². The molecule has 5 nitrogen and oxygen atoms in total. The van der Waals surface area contributed by atoms with Crippen LogP contribution in [-0.4, -0.2) is 56.5 Å². The Hall–Kier alpha value is -0.650. The first kappa shape index (κ1) is 12.4. The summed E-state index contributed by atoms with van der Waals surface area (Å²) in [4.78, 5) is 13.4. The summed E-state index contributed by atoms with van der Waals surface area (Å²) in [6.45, 7) is 6.24. The minimum Gasteiger partial charge on any atom is -0.382 e. The van der Waals surface area contributed by atoms with Crippen LogP contribution in [0.3, 0.4) is 0 Å². The van der Waals surface area contributed by atoms with Crippen LogP contribution in [0.2, 0.25) is 0 Å². The monoisotopic (exact) mass is 216 g/mol. The van der Waals surface area contributed by atoms with Crippen LogP contribution >= 0.6 is 0 Å². The van der Waals surface area contributed by atoms with Gasteiger partial charge in [0.2, 0.25) is 5.91 Å². The van der Waals surface area contributed by atoms with Crippen molar-refractivity contribution in [1.29, 1.82) is 0 Å². The normalized spacial score (nSPS) is 26.3. The summed E-state index contributed by atoms with van der Waals surface area (Å²) in [5.41, 5.74) is 0. The molecule has 0 aliphatic carbocycles. The van der Waals surface area contributed by atoms with Crippen molar-refractivity contribution in [2.45, 2.75) is 26.1 Å². The topological polar surface area (TPSA) is 50.8 Å². The second kappa shape index (κ2) is 6.05. The third kappa shape index (κ3) is 3.44. The number of methoxy groups -OCH3 is 1. The molecule has 0 spiro atoms. The molecule has 0 aromatic rings. The van der Waals surface area contributed by atoms with Crippen molar-refractivity contribution in [2.24, 2.45) is 0 Å². The zero-order chi connectivity index (χ0) is 11.3. The summed E-state index contributed by atoms with van der Waals surface area (Å²) in [6.07, 6.45) is 0.110. The van der Waals surface area contributed by atoms with Crippen LogP contribution in [0, 0.1) is 0 Å². The first-order valence-electron chi connectivity index (χ1n) is 5.30. The van der Waals surface area contributed by atoms with Crippen molar-refractivity contribution >= 4 is 5.91 Å². The molecule has 1 aliphatic rings. The summed E-state index contributed by atoms with van der Waals surface area (Å²) in [6, 6.07) is -0.0704. The zero-order valence-electron chi connectivity index (χ0n) is 9.66. The zero-order valence-corrected chi connectivity index (χ0v) is 9.66. The Bertz CT molecular complexity index is 211. The highest BCUT2D eigenvalue weighted by Crippen LogP contribution is 2.08. The van der Waals surface area contributed by atoms with E-state index < -0.39 is 0 Å². The average Bonchev–Trinajstić information content (AvgIpc) is 2.44. The van der Waals surface area contributed by atoms with Crippen molar-refractivity contribution in [3.8, 4) is 0 Å². The molecule has 0 aromatic carbocycles. The van der Waals surface area contributed by atoms with Crippen LogP contribution in [0.5, 0.6) is 0 Å². The number of rotatable bonds is 6. The van der Waals surface area contributed by atoms with E-state index in [4.69, 9.17) is 9.47 Å². The smallest absolute Gasteiger partial charge is 0.240 e. The molecule has 2 unspecified atom stereocenters. The first-order valence-corrected chi connectivity index (χ1v) is 5.30. The second-order valence-corrected chi connectivity index (χ2v) is 3.70. The third-order valence-corrected chi connectivity index (χ3v) is 2.52. The lowest BCUT2D eigenvalue weighted by molar-refractivity contribution is -0.130. The van der Waals surface area contributed by atoms with Gasteiger partial charge >= 0.3 is 0 Å². The summed E-state index contributed by atoms with van der Waals surface area (Å²) in [5, 5.41) is 3.16. The maximum Gasteiger partial charge on any atom is 0.240 e. The fourth-order valence-electron chi connectivity index (χ4n) is 1.67. The summed E-state index contributed by atoms with van der Waals surface area (Å²) >= 11 is 0. The lowest BCUT2D eigenvalue weighted by Crippen LogP contribution is -2.37. The molecule has 0 saturated carbocycles. The van der Waals surface area contributed by atoms with Gasteiger partial charge in [-0.05, 0) is 13.8 Å². The predicted molar refractivity (Wildman–Crippen MR) is 56.5 cm³/mol. The second-order valence-electron chi connectivity index (χ2n) is 3.70. The Labute approximate surface area is 90.7 Å². The predicted octanol–water partition coefficient (Wildman–Crippen LogP) is -0.184. The number of carbonyl (C=O) groups excluding carboxylic acids is 1. The van der Waals surface area contributed by atoms with E-state index in [9.17, 15) is 4.79 Å². The lowest BCUT2D eigenvalue weighted by atomic mass is 10.3. The van der Waals surface area contributed by atoms with Crippen molar-refractivity contribution in [2.75, 3.05) is 33.5 Å². The molecule has 88 valence electrons. The van der Waals surface area contributed by atoms with Crippen molar-refractivity contribution < 1.29 is 14.3 Å². The molecule has 1 heterocycles. The van der Waals surface area contributed by atoms with E-state index >= 15 is 0 Å². The number of amides is 1. The fourth-order valence-corrected chi connectivity index (χ4v) is 1.67. The largest absolute Gasteiger partial charge is 0.382 e. The summed E-state index contributed by atoms with van der Waals surface area (Å²) in [7, 11) is 1.64. The van der Waals surface area contributed by atoms with Crippen LogP contribution in [0.1, 0.15) is 13.8 Å². The molecule has 2 atom stereocenters. The average molecular weight is 216 g/mol. The minimum absolute atomic E-state index is 0.0704. The highest BCUT2D eigenvalue weighted by molar-refractivity contribution is 5.83. The van der Waals surface area contributed by atoms with Crippen LogP contribution in [0.25, 0.3) is 0 Å². The summed E-state index contributed by atoms with van der Waals surface area (Å²) in [5.74, 6) is 0.151. The third-order valence-electron chi connectivity index (χ3n) is 2.52. The van der Waals surface area contributed by atoms with Crippen molar-refractivity contribution in [3.63, 3.8) is 0 Å². The van der Waals surface area contributed by atoms with Gasteiger partial charge in [0.05, 0.1) is 32.0 Å². The first-order chi connectivity index (χ1) is 7.16. The van der Waals surface area contributed by atoms with E-state index in [1.54, 1.807) is 12.0 Å². The van der Waals surface area contributed by atoms with E-state index in [1.807, 2.05) is 13.8 Å². The van der Waals surface area contributed by atoms with Crippen LogP contribution in [0.15, 0.2) is 0 Å². The van der Waals surface area contributed by atoms with Crippen LogP contribution in [-0.2, 0) is 14.3 Å². The Morgan fingerprint density at radius 1 is 1.33 bits per heavy atom. The minimum atomic E-state index is -0.0704. The maximum absolute atomic E-state index is 11.6. The highest BCUT2D eigenvalue weighted by Gasteiger charge is 2.32. The number of carbonyl (C=O) groups is 1. The number of nitrogens with one attached hydrogen (secondary N) is 1. The molecule has 0 bridgehead atoms. The SMILES string of the molecule is COCCOCCN1C(=O)C(C)NC1C. The molecule has 1 aliphatic heterocycles. The van der Waals surface area contributed by atoms with E-state index in [0.29, 0.717) is 26.4 Å². The Kier molecular flexibility index (Phi) is 5.01. The van der Waals surface area contributed by atoms with E-state index in [0.717, 1.165) is 0 Å². The van der Waals surface area contributed by atoms with Crippen LogP contribution < -0.4 is 5.32 Å². The molecule has 1 rings (SSSR count). The Balaban J connectivity index is 2.18. The number of hydrogen-bond donors (Lipinski definition) is 1. The number of nitrogens with zero attached hydrogens (tertiary/aromatic N) is 1. The molecule has 1 saturated heterocycles. The quantitative estimate of drug-likeness (QED) is 0.626. The van der Waals surface area contributed by atoms with E-state index in [-0.39, 0.29) is 18.1 Å². The molecular formula is C10H20N2O3. The lowest BCUT2D eigenvalue weighted by Gasteiger charge is -2.20. The van der Waals surface area contributed by atoms with Gasteiger partial charge in [-0.2, -0.15) is 0 Å². The van der Waals surface area contributed by atoms with Crippen molar-refractivity contribution in [1.82, 2.24) is 10.2 Å². The number of hydrogen-bond acceptors (Lipinski definition) is 4. The maximum atomic E-state index is 11.6. The Morgan fingerprint density at radius 2 is 2.07 bits per heavy atom. The van der Waals surface area contributed by atoms with Gasteiger partial charge in [0.1, 0.15) is 0 Å². The van der Waals surface area contributed by atoms with Gasteiger partial charge in [-0.15, -0.1) is 0 Å². The van der Waals surface area contributed by atoms with Gasteiger partial charge in [0.25, 0.3) is 0 Å². The van der Waals surface area contributed by atoms with Gasteiger partial charge < -0.3 is 14.4 Å². The van der Waals surface area contributed by atoms with Gasteiger partial charge in [0.15, 0.2) is 0 Å². The fraction of sp³-hybridized carbons (Fsp3) is 0.900.